The van der Waals surface area contributed by atoms with Crippen molar-refractivity contribution in [2.24, 2.45) is 0 Å². The number of nitrogens with zero attached hydrogens (tertiary/aromatic N) is 1. The zero-order valence-electron chi connectivity index (χ0n) is 7.75. The molecule has 1 rings (SSSR count). The normalized spacial score (nSPS) is 9.07. The van der Waals surface area contributed by atoms with Gasteiger partial charge >= 0.3 is 0 Å². The molecule has 0 fully saturated rings. The molecule has 1 aromatic heterocycles. The lowest BCUT2D eigenvalue weighted by Crippen LogP contribution is -1.91. The highest BCUT2D eigenvalue weighted by molar-refractivity contribution is 7.80. The van der Waals surface area contributed by atoms with Gasteiger partial charge in [-0.25, -0.2) is 4.98 Å². The van der Waals surface area contributed by atoms with Gasteiger partial charge in [0.05, 0.1) is 17.7 Å². The number of rotatable bonds is 2. The molecule has 0 bridgehead atoms. The predicted molar refractivity (Wildman–Crippen MR) is 61.1 cm³/mol. The van der Waals surface area contributed by atoms with Gasteiger partial charge in [-0.05, 0) is 6.07 Å². The Hall–Kier alpha value is -0.850. The molecule has 0 aromatic carbocycles. The number of methoxy groups -OCH3 is 1. The number of halogens is 1. The van der Waals surface area contributed by atoms with Crippen LogP contribution in [0.5, 0.6) is 5.88 Å². The molecule has 0 amide bonds. The van der Waals surface area contributed by atoms with E-state index in [4.69, 9.17) is 16.3 Å². The first-order chi connectivity index (χ1) is 6.77. The molecule has 0 aliphatic carbocycles. The molecule has 0 aliphatic heterocycles. The third-order valence-electron chi connectivity index (χ3n) is 1.47. The Kier molecular flexibility index (Phi) is 4.64. The third kappa shape index (κ3) is 3.13. The Morgan fingerprint density at radius 2 is 2.43 bits per heavy atom. The second-order valence-electron chi connectivity index (χ2n) is 2.49. The van der Waals surface area contributed by atoms with Crippen LogP contribution in [0, 0.1) is 11.8 Å². The van der Waals surface area contributed by atoms with Gasteiger partial charge in [0.15, 0.2) is 0 Å². The molecule has 0 N–H and O–H groups in total. The molecular weight excluding hydrogens is 218 g/mol. The van der Waals surface area contributed by atoms with Crippen molar-refractivity contribution in [1.82, 2.24) is 4.98 Å². The summed E-state index contributed by atoms with van der Waals surface area (Å²) in [6.45, 7) is 0. The van der Waals surface area contributed by atoms with Crippen LogP contribution in [0.3, 0.4) is 0 Å². The van der Waals surface area contributed by atoms with Crippen molar-refractivity contribution in [1.29, 1.82) is 0 Å². The van der Waals surface area contributed by atoms with Gasteiger partial charge in [0, 0.05) is 18.4 Å². The molecule has 14 heavy (non-hydrogen) atoms. The maximum Gasteiger partial charge on any atom is 0.229 e. The van der Waals surface area contributed by atoms with Gasteiger partial charge in [-0.1, -0.05) is 23.4 Å². The minimum Gasteiger partial charge on any atom is -0.480 e. The summed E-state index contributed by atoms with van der Waals surface area (Å²) in [5.41, 5.74) is 0.710. The zero-order chi connectivity index (χ0) is 10.4. The number of aromatic nitrogens is 1. The fourth-order valence-electron chi connectivity index (χ4n) is 0.893. The van der Waals surface area contributed by atoms with Crippen LogP contribution >= 0.6 is 24.2 Å². The Morgan fingerprint density at radius 1 is 1.64 bits per heavy atom. The largest absolute Gasteiger partial charge is 0.480 e. The van der Waals surface area contributed by atoms with Crippen molar-refractivity contribution in [2.45, 2.75) is 6.42 Å². The van der Waals surface area contributed by atoms with E-state index in [1.807, 2.05) is 0 Å². The molecule has 0 saturated heterocycles. The molecule has 0 radical (unpaired) electrons. The molecule has 2 nitrogen and oxygen atoms in total. The van der Waals surface area contributed by atoms with Gasteiger partial charge in [-0.3, -0.25) is 0 Å². The summed E-state index contributed by atoms with van der Waals surface area (Å²) in [4.78, 5) is 4.00. The fourth-order valence-corrected chi connectivity index (χ4v) is 1.16. The van der Waals surface area contributed by atoms with Crippen LogP contribution in [0.2, 0.25) is 5.02 Å². The van der Waals surface area contributed by atoms with Crippen LogP contribution in [-0.4, -0.2) is 17.8 Å². The van der Waals surface area contributed by atoms with Crippen LogP contribution in [0.4, 0.5) is 0 Å². The van der Waals surface area contributed by atoms with Crippen LogP contribution in [0.25, 0.3) is 0 Å². The van der Waals surface area contributed by atoms with Gasteiger partial charge in [-0.15, -0.1) is 0 Å². The van der Waals surface area contributed by atoms with E-state index in [-0.39, 0.29) is 0 Å². The Morgan fingerprint density at radius 3 is 3.07 bits per heavy atom. The maximum atomic E-state index is 5.79. The van der Waals surface area contributed by atoms with E-state index in [1.165, 1.54) is 6.20 Å². The Balaban J connectivity index is 2.94. The minimum absolute atomic E-state index is 0.501. The van der Waals surface area contributed by atoms with Crippen molar-refractivity contribution < 1.29 is 4.74 Å². The van der Waals surface area contributed by atoms with Gasteiger partial charge in [-0.2, -0.15) is 12.6 Å². The number of pyridine rings is 1. The molecule has 74 valence electrons. The maximum absolute atomic E-state index is 5.79. The van der Waals surface area contributed by atoms with Crippen LogP contribution in [0.1, 0.15) is 12.0 Å². The zero-order valence-corrected chi connectivity index (χ0v) is 9.40. The molecular formula is C10H10ClNOS. The molecule has 0 spiro atoms. The number of hydrogen-bond donors (Lipinski definition) is 1. The average Bonchev–Trinajstić information content (AvgIpc) is 2.19. The first-order valence-corrected chi connectivity index (χ1v) is 5.08. The lowest BCUT2D eigenvalue weighted by atomic mass is 10.2. The quantitative estimate of drug-likeness (QED) is 0.619. The molecule has 1 aromatic rings. The van der Waals surface area contributed by atoms with Gasteiger partial charge < -0.3 is 4.74 Å². The Labute approximate surface area is 94.0 Å². The number of ether oxygens (including phenoxy) is 1. The van der Waals surface area contributed by atoms with E-state index in [2.05, 4.69) is 29.5 Å². The van der Waals surface area contributed by atoms with Crippen molar-refractivity contribution in [3.05, 3.63) is 22.8 Å². The summed E-state index contributed by atoms with van der Waals surface area (Å²) in [6.07, 6.45) is 2.27. The first kappa shape index (κ1) is 11.2. The highest BCUT2D eigenvalue weighted by Gasteiger charge is 2.01. The monoisotopic (exact) mass is 227 g/mol. The van der Waals surface area contributed by atoms with Gasteiger partial charge in [0.1, 0.15) is 0 Å². The highest BCUT2D eigenvalue weighted by atomic mass is 35.5. The van der Waals surface area contributed by atoms with E-state index in [0.29, 0.717) is 16.5 Å². The van der Waals surface area contributed by atoms with Crippen molar-refractivity contribution in [2.75, 3.05) is 12.9 Å². The van der Waals surface area contributed by atoms with E-state index >= 15 is 0 Å². The molecule has 0 saturated carbocycles. The summed E-state index contributed by atoms with van der Waals surface area (Å²) in [5, 5.41) is 0.556. The lowest BCUT2D eigenvalue weighted by Gasteiger charge is -2.00. The average molecular weight is 228 g/mol. The van der Waals surface area contributed by atoms with E-state index < -0.39 is 0 Å². The third-order valence-corrected chi connectivity index (χ3v) is 1.90. The Bertz CT molecular complexity index is 370. The van der Waals surface area contributed by atoms with Crippen molar-refractivity contribution in [3.63, 3.8) is 0 Å². The van der Waals surface area contributed by atoms with E-state index in [0.717, 1.165) is 12.2 Å². The predicted octanol–water partition coefficient (Wildman–Crippen LogP) is 2.42. The standard InChI is InChI=1S/C10H10ClNOS/c1-13-10-8(4-2-3-5-14)6-9(11)7-12-10/h6-7,14H,3,5H2,1H3. The van der Waals surface area contributed by atoms with Crippen molar-refractivity contribution >= 4 is 24.2 Å². The summed E-state index contributed by atoms with van der Waals surface area (Å²) in [7, 11) is 1.56. The van der Waals surface area contributed by atoms with Crippen LogP contribution in [-0.2, 0) is 0 Å². The van der Waals surface area contributed by atoms with Gasteiger partial charge in [0.2, 0.25) is 5.88 Å². The number of hydrogen-bond acceptors (Lipinski definition) is 3. The summed E-state index contributed by atoms with van der Waals surface area (Å²) in [6, 6.07) is 1.74. The summed E-state index contributed by atoms with van der Waals surface area (Å²) < 4.78 is 5.04. The SMILES string of the molecule is COc1ncc(Cl)cc1C#CCCS. The first-order valence-electron chi connectivity index (χ1n) is 4.07. The second-order valence-corrected chi connectivity index (χ2v) is 3.37. The topological polar surface area (TPSA) is 22.1 Å². The van der Waals surface area contributed by atoms with Crippen LogP contribution < -0.4 is 4.74 Å². The highest BCUT2D eigenvalue weighted by Crippen LogP contribution is 2.17. The minimum atomic E-state index is 0.501. The lowest BCUT2D eigenvalue weighted by molar-refractivity contribution is 0.396. The molecule has 0 atom stereocenters. The van der Waals surface area contributed by atoms with Crippen LogP contribution in [0.15, 0.2) is 12.3 Å². The van der Waals surface area contributed by atoms with E-state index in [1.54, 1.807) is 13.2 Å². The summed E-state index contributed by atoms with van der Waals surface area (Å²) in [5.74, 6) is 7.12. The van der Waals surface area contributed by atoms with Crippen molar-refractivity contribution in [3.8, 4) is 17.7 Å². The summed E-state index contributed by atoms with van der Waals surface area (Å²) >= 11 is 9.85. The molecule has 1 heterocycles. The fraction of sp³-hybridized carbons (Fsp3) is 0.300. The molecule has 0 unspecified atom stereocenters. The van der Waals surface area contributed by atoms with Gasteiger partial charge in [0.25, 0.3) is 0 Å². The second kappa shape index (κ2) is 5.79. The number of thiol groups is 1. The molecule has 0 aliphatic rings. The smallest absolute Gasteiger partial charge is 0.229 e. The van der Waals surface area contributed by atoms with E-state index in [9.17, 15) is 0 Å². The molecule has 4 heteroatoms.